The second-order valence-electron chi connectivity index (χ2n) is 4.41. The van der Waals surface area contributed by atoms with Crippen LogP contribution in [0.1, 0.15) is 26.3 Å². The fourth-order valence-electron chi connectivity index (χ4n) is 1.48. The van der Waals surface area contributed by atoms with Gasteiger partial charge in [0.25, 0.3) is 0 Å². The fraction of sp³-hybridized carbons (Fsp3) is 0.538. The Balaban J connectivity index is 2.66. The lowest BCUT2D eigenvalue weighted by atomic mass is 9.91. The lowest BCUT2D eigenvalue weighted by Crippen LogP contribution is -2.20. The van der Waals surface area contributed by atoms with Crippen LogP contribution in [0.5, 0.6) is 0 Å². The Kier molecular flexibility index (Phi) is 4.59. The van der Waals surface area contributed by atoms with Crippen LogP contribution in [0.3, 0.4) is 0 Å². The molecule has 15 heavy (non-hydrogen) atoms. The zero-order valence-corrected chi connectivity index (χ0v) is 10.3. The summed E-state index contributed by atoms with van der Waals surface area (Å²) in [6.07, 6.45) is 0.605. The van der Waals surface area contributed by atoms with E-state index < -0.39 is 0 Å². The first-order valence-electron chi connectivity index (χ1n) is 5.40. The number of hydrogen-bond donors (Lipinski definition) is 0. The van der Waals surface area contributed by atoms with Crippen LogP contribution in [0, 0.1) is 17.7 Å². The van der Waals surface area contributed by atoms with Gasteiger partial charge in [0.1, 0.15) is 5.82 Å². The van der Waals surface area contributed by atoms with E-state index in [2.05, 4.69) is 20.8 Å². The van der Waals surface area contributed by atoms with Gasteiger partial charge in [0, 0.05) is 5.38 Å². The molecule has 0 radical (unpaired) electrons. The third-order valence-electron chi connectivity index (χ3n) is 2.99. The highest BCUT2D eigenvalue weighted by atomic mass is 35.5. The summed E-state index contributed by atoms with van der Waals surface area (Å²) >= 11 is 6.27. The van der Waals surface area contributed by atoms with E-state index >= 15 is 0 Å². The van der Waals surface area contributed by atoms with Crippen molar-refractivity contribution in [3.05, 3.63) is 35.6 Å². The maximum Gasteiger partial charge on any atom is 0.126 e. The van der Waals surface area contributed by atoms with Crippen LogP contribution < -0.4 is 0 Å². The maximum atomic E-state index is 13.4. The average molecular weight is 229 g/mol. The second kappa shape index (κ2) is 5.50. The van der Waals surface area contributed by atoms with Gasteiger partial charge in [-0.15, -0.1) is 11.6 Å². The lowest BCUT2D eigenvalue weighted by molar-refractivity contribution is 0.396. The fourth-order valence-corrected chi connectivity index (χ4v) is 1.93. The number of rotatable bonds is 4. The molecule has 0 spiro atoms. The van der Waals surface area contributed by atoms with Crippen molar-refractivity contribution in [3.63, 3.8) is 0 Å². The molecule has 0 nitrogen and oxygen atoms in total. The van der Waals surface area contributed by atoms with E-state index in [0.29, 0.717) is 23.8 Å². The molecule has 0 aromatic heterocycles. The molecule has 84 valence electrons. The van der Waals surface area contributed by atoms with E-state index in [1.807, 2.05) is 6.07 Å². The van der Waals surface area contributed by atoms with Crippen molar-refractivity contribution in [2.75, 3.05) is 0 Å². The van der Waals surface area contributed by atoms with Crippen LogP contribution in [-0.2, 0) is 6.42 Å². The van der Waals surface area contributed by atoms with E-state index in [-0.39, 0.29) is 11.2 Å². The van der Waals surface area contributed by atoms with Crippen LogP contribution in [-0.4, -0.2) is 5.38 Å². The summed E-state index contributed by atoms with van der Waals surface area (Å²) in [5, 5.41) is 0.00176. The average Bonchev–Trinajstić information content (AvgIpc) is 2.20. The maximum absolute atomic E-state index is 13.4. The van der Waals surface area contributed by atoms with Gasteiger partial charge in [-0.2, -0.15) is 0 Å². The minimum atomic E-state index is -0.154. The molecule has 0 amide bonds. The normalized spacial score (nSPS) is 15.3. The van der Waals surface area contributed by atoms with Gasteiger partial charge in [-0.3, -0.25) is 0 Å². The molecule has 1 aromatic carbocycles. The smallest absolute Gasteiger partial charge is 0.126 e. The van der Waals surface area contributed by atoms with Crippen molar-refractivity contribution < 1.29 is 4.39 Å². The number of benzene rings is 1. The molecular formula is C13H18ClF. The van der Waals surface area contributed by atoms with E-state index in [9.17, 15) is 4.39 Å². The molecule has 2 heteroatoms. The largest absolute Gasteiger partial charge is 0.207 e. The van der Waals surface area contributed by atoms with Crippen LogP contribution in [0.4, 0.5) is 4.39 Å². The zero-order chi connectivity index (χ0) is 11.4. The first-order chi connectivity index (χ1) is 7.02. The molecule has 0 heterocycles. The standard InChI is InChI=1S/C13H18ClF/c1-9(2)10(3)12(14)8-11-6-4-5-7-13(11)15/h4-7,9-10,12H,8H2,1-3H3. The molecule has 2 atom stereocenters. The van der Waals surface area contributed by atoms with Crippen molar-refractivity contribution in [3.8, 4) is 0 Å². The summed E-state index contributed by atoms with van der Waals surface area (Å²) in [5.41, 5.74) is 0.713. The van der Waals surface area contributed by atoms with Gasteiger partial charge >= 0.3 is 0 Å². The Labute approximate surface area is 96.5 Å². The molecule has 0 aliphatic heterocycles. The minimum Gasteiger partial charge on any atom is -0.207 e. The Morgan fingerprint density at radius 2 is 1.80 bits per heavy atom. The van der Waals surface area contributed by atoms with Crippen LogP contribution in [0.15, 0.2) is 24.3 Å². The SMILES string of the molecule is CC(C)C(C)C(Cl)Cc1ccccc1F. The van der Waals surface area contributed by atoms with Gasteiger partial charge in [0.2, 0.25) is 0 Å². The van der Waals surface area contributed by atoms with Crippen molar-refractivity contribution >= 4 is 11.6 Å². The number of hydrogen-bond acceptors (Lipinski definition) is 0. The van der Waals surface area contributed by atoms with Crippen molar-refractivity contribution in [1.29, 1.82) is 0 Å². The molecule has 2 unspecified atom stereocenters. The van der Waals surface area contributed by atoms with Gasteiger partial charge in [-0.05, 0) is 29.9 Å². The summed E-state index contributed by atoms with van der Waals surface area (Å²) in [4.78, 5) is 0. The minimum absolute atomic E-state index is 0.00176. The van der Waals surface area contributed by atoms with Crippen LogP contribution in [0.25, 0.3) is 0 Å². The quantitative estimate of drug-likeness (QED) is 0.676. The first kappa shape index (κ1) is 12.5. The predicted octanol–water partition coefficient (Wildman–Crippen LogP) is 4.27. The molecule has 0 aliphatic rings. The summed E-state index contributed by atoms with van der Waals surface area (Å²) < 4.78 is 13.4. The predicted molar refractivity (Wildman–Crippen MR) is 63.7 cm³/mol. The third-order valence-corrected chi connectivity index (χ3v) is 3.55. The van der Waals surface area contributed by atoms with Crippen LogP contribution in [0.2, 0.25) is 0 Å². The van der Waals surface area contributed by atoms with Crippen LogP contribution >= 0.6 is 11.6 Å². The molecule has 1 rings (SSSR count). The molecule has 0 aliphatic carbocycles. The second-order valence-corrected chi connectivity index (χ2v) is 4.98. The lowest BCUT2D eigenvalue weighted by Gasteiger charge is -2.21. The highest BCUT2D eigenvalue weighted by Gasteiger charge is 2.19. The molecule has 0 saturated carbocycles. The van der Waals surface area contributed by atoms with Gasteiger partial charge < -0.3 is 0 Å². The van der Waals surface area contributed by atoms with Crippen molar-refractivity contribution in [2.45, 2.75) is 32.6 Å². The van der Waals surface area contributed by atoms with Gasteiger partial charge in [-0.1, -0.05) is 39.0 Å². The molecule has 1 aromatic rings. The topological polar surface area (TPSA) is 0 Å². The van der Waals surface area contributed by atoms with Crippen molar-refractivity contribution in [1.82, 2.24) is 0 Å². The van der Waals surface area contributed by atoms with E-state index in [4.69, 9.17) is 11.6 Å². The summed E-state index contributed by atoms with van der Waals surface area (Å²) in [6, 6.07) is 6.84. The Morgan fingerprint density at radius 1 is 1.20 bits per heavy atom. The zero-order valence-electron chi connectivity index (χ0n) is 9.50. The Morgan fingerprint density at radius 3 is 2.33 bits per heavy atom. The highest BCUT2D eigenvalue weighted by Crippen LogP contribution is 2.23. The Bertz CT molecular complexity index is 309. The summed E-state index contributed by atoms with van der Waals surface area (Å²) in [7, 11) is 0. The molecule has 0 N–H and O–H groups in total. The third kappa shape index (κ3) is 3.49. The first-order valence-corrected chi connectivity index (χ1v) is 5.83. The molecule has 0 fully saturated rings. The van der Waals surface area contributed by atoms with E-state index in [1.54, 1.807) is 12.1 Å². The van der Waals surface area contributed by atoms with Gasteiger partial charge in [0.05, 0.1) is 0 Å². The number of alkyl halides is 1. The highest BCUT2D eigenvalue weighted by molar-refractivity contribution is 6.20. The Hall–Kier alpha value is -0.560. The van der Waals surface area contributed by atoms with E-state index in [1.165, 1.54) is 6.07 Å². The van der Waals surface area contributed by atoms with E-state index in [0.717, 1.165) is 0 Å². The summed E-state index contributed by atoms with van der Waals surface area (Å²) in [6.45, 7) is 6.39. The molecule has 0 bridgehead atoms. The van der Waals surface area contributed by atoms with Gasteiger partial charge in [-0.25, -0.2) is 4.39 Å². The summed E-state index contributed by atoms with van der Waals surface area (Å²) in [5.74, 6) is 0.768. The monoisotopic (exact) mass is 228 g/mol. The molecular weight excluding hydrogens is 211 g/mol. The molecule has 0 saturated heterocycles. The van der Waals surface area contributed by atoms with Crippen molar-refractivity contribution in [2.24, 2.45) is 11.8 Å². The number of halogens is 2. The van der Waals surface area contributed by atoms with Gasteiger partial charge in [0.15, 0.2) is 0 Å².